The number of aliphatic hydroxyl groups excluding tert-OH is 1. The molecule has 0 radical (unpaired) electrons. The number of carbonyl (C=O) groups is 1. The second-order valence-corrected chi connectivity index (χ2v) is 9.70. The molecule has 1 rings (SSSR count). The van der Waals surface area contributed by atoms with E-state index in [9.17, 15) is 15.0 Å². The van der Waals surface area contributed by atoms with Gasteiger partial charge in [0.25, 0.3) is 0 Å². The lowest BCUT2D eigenvalue weighted by Gasteiger charge is -2.34. The third kappa shape index (κ3) is 10.5. The molecule has 2 N–H and O–H groups in total. The molecule has 31 heavy (non-hydrogen) atoms. The van der Waals surface area contributed by atoms with Gasteiger partial charge >= 0.3 is 5.97 Å². The van der Waals surface area contributed by atoms with Crippen LogP contribution in [0, 0.1) is 11.8 Å². The molecular formula is C27H50O4. The highest BCUT2D eigenvalue weighted by Crippen LogP contribution is 2.38. The Labute approximate surface area is 191 Å². The van der Waals surface area contributed by atoms with E-state index in [0.29, 0.717) is 18.9 Å². The molecule has 0 heterocycles. The summed E-state index contributed by atoms with van der Waals surface area (Å²) < 4.78 is 4.98. The molecule has 1 saturated carbocycles. The number of aliphatic hydroxyl groups is 2. The molecule has 1 aliphatic rings. The van der Waals surface area contributed by atoms with Crippen LogP contribution in [0.25, 0.3) is 0 Å². The lowest BCUT2D eigenvalue weighted by Crippen LogP contribution is -2.36. The second-order valence-electron chi connectivity index (χ2n) is 9.70. The van der Waals surface area contributed by atoms with Crippen LogP contribution in [0.15, 0.2) is 11.6 Å². The van der Waals surface area contributed by atoms with Gasteiger partial charge in [-0.2, -0.15) is 0 Å². The van der Waals surface area contributed by atoms with E-state index in [0.717, 1.165) is 77.0 Å². The Morgan fingerprint density at radius 2 is 1.87 bits per heavy atom. The van der Waals surface area contributed by atoms with Gasteiger partial charge in [0.15, 0.2) is 0 Å². The topological polar surface area (TPSA) is 66.8 Å². The first kappa shape index (κ1) is 28.2. The van der Waals surface area contributed by atoms with Crippen molar-refractivity contribution in [2.24, 2.45) is 11.8 Å². The molecule has 182 valence electrons. The molecule has 1 aliphatic carbocycles. The van der Waals surface area contributed by atoms with Crippen LogP contribution in [0.2, 0.25) is 0 Å². The van der Waals surface area contributed by atoms with Crippen LogP contribution >= 0.6 is 0 Å². The Bertz CT molecular complexity index is 515. The average Bonchev–Trinajstić information content (AvgIpc) is 3.09. The Morgan fingerprint density at radius 1 is 1.13 bits per heavy atom. The van der Waals surface area contributed by atoms with E-state index in [4.69, 9.17) is 4.74 Å². The van der Waals surface area contributed by atoms with Crippen LogP contribution in [0.1, 0.15) is 124 Å². The van der Waals surface area contributed by atoms with E-state index in [1.165, 1.54) is 18.4 Å². The average molecular weight is 439 g/mol. The molecule has 4 nitrogen and oxygen atoms in total. The van der Waals surface area contributed by atoms with Crippen molar-refractivity contribution in [3.8, 4) is 0 Å². The predicted molar refractivity (Wildman–Crippen MR) is 129 cm³/mol. The number of hydrogen-bond acceptors (Lipinski definition) is 4. The summed E-state index contributed by atoms with van der Waals surface area (Å²) in [5.41, 5.74) is 0.736. The van der Waals surface area contributed by atoms with Crippen molar-refractivity contribution in [3.05, 3.63) is 11.6 Å². The molecule has 0 bridgehead atoms. The summed E-state index contributed by atoms with van der Waals surface area (Å²) in [5.74, 6) is 0.449. The summed E-state index contributed by atoms with van der Waals surface area (Å²) in [6.45, 7) is 8.89. The van der Waals surface area contributed by atoms with Crippen LogP contribution in [0.4, 0.5) is 0 Å². The first-order valence-electron chi connectivity index (χ1n) is 13.1. The van der Waals surface area contributed by atoms with Gasteiger partial charge in [0, 0.05) is 12.3 Å². The second kappa shape index (κ2) is 15.9. The predicted octanol–water partition coefficient (Wildman–Crippen LogP) is 6.73. The molecular weight excluding hydrogens is 388 g/mol. The Morgan fingerprint density at radius 3 is 2.55 bits per heavy atom. The Kier molecular flexibility index (Phi) is 14.4. The van der Waals surface area contributed by atoms with Gasteiger partial charge in [-0.25, -0.2) is 0 Å². The van der Waals surface area contributed by atoms with E-state index < -0.39 is 5.60 Å². The summed E-state index contributed by atoms with van der Waals surface area (Å²) in [4.78, 5) is 11.4. The standard InChI is InChI=1S/C27H50O4/c1-5-8-13-20-27(30,22(4)14-6-2)21-19-23-17-18-25(28)24(23)15-11-9-10-12-16-26(29)31-7-3/h19,22,24-25,28,30H,5-18,20-21H2,1-4H3/t22?,24-,25-,27?/m1/s1. The molecule has 0 amide bonds. The zero-order valence-electron chi connectivity index (χ0n) is 20.8. The molecule has 0 aliphatic heterocycles. The first-order chi connectivity index (χ1) is 14.9. The molecule has 0 aromatic carbocycles. The molecule has 0 aromatic rings. The maximum absolute atomic E-state index is 11.5. The van der Waals surface area contributed by atoms with Crippen LogP contribution in [-0.4, -0.2) is 34.5 Å². The van der Waals surface area contributed by atoms with Gasteiger partial charge in [0.1, 0.15) is 0 Å². The number of hydrogen-bond donors (Lipinski definition) is 2. The fourth-order valence-corrected chi connectivity index (χ4v) is 5.04. The summed E-state index contributed by atoms with van der Waals surface area (Å²) in [5, 5.41) is 22.0. The van der Waals surface area contributed by atoms with Crippen molar-refractivity contribution in [3.63, 3.8) is 0 Å². The fourth-order valence-electron chi connectivity index (χ4n) is 5.04. The maximum atomic E-state index is 11.5. The monoisotopic (exact) mass is 438 g/mol. The van der Waals surface area contributed by atoms with Crippen molar-refractivity contribution in [1.29, 1.82) is 0 Å². The number of rotatable bonds is 17. The van der Waals surface area contributed by atoms with Crippen LogP contribution in [0.5, 0.6) is 0 Å². The zero-order valence-corrected chi connectivity index (χ0v) is 20.8. The lowest BCUT2D eigenvalue weighted by molar-refractivity contribution is -0.143. The van der Waals surface area contributed by atoms with Crippen molar-refractivity contribution < 1.29 is 19.7 Å². The van der Waals surface area contributed by atoms with Crippen molar-refractivity contribution >= 4 is 5.97 Å². The molecule has 0 aromatic heterocycles. The van der Waals surface area contributed by atoms with Gasteiger partial charge < -0.3 is 14.9 Å². The highest BCUT2D eigenvalue weighted by Gasteiger charge is 2.34. The zero-order chi connectivity index (χ0) is 23.1. The molecule has 4 heteroatoms. The van der Waals surface area contributed by atoms with E-state index in [1.807, 2.05) is 6.92 Å². The van der Waals surface area contributed by atoms with Crippen molar-refractivity contribution in [1.82, 2.24) is 0 Å². The van der Waals surface area contributed by atoms with Gasteiger partial charge in [-0.3, -0.25) is 4.79 Å². The van der Waals surface area contributed by atoms with E-state index in [1.54, 1.807) is 0 Å². The number of ether oxygens (including phenoxy) is 1. The van der Waals surface area contributed by atoms with Crippen molar-refractivity contribution in [2.45, 2.75) is 136 Å². The third-order valence-corrected chi connectivity index (χ3v) is 7.19. The molecule has 0 saturated heterocycles. The Balaban J connectivity index is 2.55. The molecule has 0 spiro atoms. The van der Waals surface area contributed by atoms with E-state index >= 15 is 0 Å². The quantitative estimate of drug-likeness (QED) is 0.150. The summed E-state index contributed by atoms with van der Waals surface area (Å²) >= 11 is 0. The molecule has 1 fully saturated rings. The molecule has 4 atom stereocenters. The highest BCUT2D eigenvalue weighted by molar-refractivity contribution is 5.69. The van der Waals surface area contributed by atoms with Gasteiger partial charge in [-0.05, 0) is 57.8 Å². The Hall–Kier alpha value is -0.870. The van der Waals surface area contributed by atoms with Crippen LogP contribution in [0.3, 0.4) is 0 Å². The minimum atomic E-state index is -0.622. The summed E-state index contributed by atoms with van der Waals surface area (Å²) in [7, 11) is 0. The largest absolute Gasteiger partial charge is 0.466 e. The minimum absolute atomic E-state index is 0.0948. The maximum Gasteiger partial charge on any atom is 0.305 e. The molecule has 2 unspecified atom stereocenters. The van der Waals surface area contributed by atoms with Gasteiger partial charge in [0.2, 0.25) is 0 Å². The number of esters is 1. The highest BCUT2D eigenvalue weighted by atomic mass is 16.5. The first-order valence-corrected chi connectivity index (χ1v) is 13.1. The van der Waals surface area contributed by atoms with Gasteiger partial charge in [-0.1, -0.05) is 77.4 Å². The fraction of sp³-hybridized carbons (Fsp3) is 0.889. The van der Waals surface area contributed by atoms with Gasteiger partial charge in [0.05, 0.1) is 18.3 Å². The summed E-state index contributed by atoms with van der Waals surface area (Å²) in [6, 6.07) is 0. The minimum Gasteiger partial charge on any atom is -0.466 e. The van der Waals surface area contributed by atoms with Gasteiger partial charge in [-0.15, -0.1) is 0 Å². The van der Waals surface area contributed by atoms with Crippen LogP contribution in [-0.2, 0) is 9.53 Å². The number of unbranched alkanes of at least 4 members (excludes halogenated alkanes) is 5. The normalized spacial score (nSPS) is 23.1. The van der Waals surface area contributed by atoms with E-state index in [-0.39, 0.29) is 18.0 Å². The van der Waals surface area contributed by atoms with E-state index in [2.05, 4.69) is 26.8 Å². The van der Waals surface area contributed by atoms with Crippen LogP contribution < -0.4 is 0 Å². The number of carbonyl (C=O) groups excluding carboxylic acids is 1. The third-order valence-electron chi connectivity index (χ3n) is 7.19. The summed E-state index contributed by atoms with van der Waals surface area (Å²) in [6.07, 6.45) is 16.6. The SMILES string of the molecule is CCCCCC(O)(CC=C1CC[C@@H](O)[C@@H]1CCCCCCC(=O)OCC)C(C)CCC. The smallest absolute Gasteiger partial charge is 0.305 e. The lowest BCUT2D eigenvalue weighted by atomic mass is 9.78. The van der Waals surface area contributed by atoms with Crippen molar-refractivity contribution in [2.75, 3.05) is 6.61 Å².